The molecule has 1 aromatic heterocycles. The van der Waals surface area contributed by atoms with Crippen LogP contribution in [0.2, 0.25) is 0 Å². The Morgan fingerprint density at radius 2 is 2.50 bits per heavy atom. The fourth-order valence-corrected chi connectivity index (χ4v) is 2.16. The molecule has 0 bridgehead atoms. The molecule has 4 nitrogen and oxygen atoms in total. The van der Waals surface area contributed by atoms with Gasteiger partial charge < -0.3 is 4.74 Å². The van der Waals surface area contributed by atoms with E-state index in [1.54, 1.807) is 6.20 Å². The largest absolute Gasteiger partial charge is 0.378 e. The zero-order valence-electron chi connectivity index (χ0n) is 9.85. The molecule has 2 heterocycles. The molecule has 1 aliphatic rings. The molecule has 1 fully saturated rings. The second-order valence-corrected chi connectivity index (χ2v) is 4.32. The van der Waals surface area contributed by atoms with E-state index in [0.29, 0.717) is 13.0 Å². The van der Waals surface area contributed by atoms with Crippen LogP contribution in [-0.2, 0) is 22.5 Å². The van der Waals surface area contributed by atoms with Gasteiger partial charge in [-0.2, -0.15) is 5.10 Å². The highest BCUT2D eigenvalue weighted by Gasteiger charge is 2.30. The number of hydrogen-bond acceptors (Lipinski definition) is 3. The quantitative estimate of drug-likeness (QED) is 0.774. The van der Waals surface area contributed by atoms with Gasteiger partial charge in [0.2, 0.25) is 0 Å². The second kappa shape index (κ2) is 4.78. The number of rotatable bonds is 4. The molecule has 1 saturated heterocycles. The number of carbonyl (C=O) groups excluding carboxylic acids is 1. The van der Waals surface area contributed by atoms with Crippen molar-refractivity contribution in [2.75, 3.05) is 6.61 Å². The third-order valence-corrected chi connectivity index (χ3v) is 3.18. The lowest BCUT2D eigenvalue weighted by Gasteiger charge is -2.11. The average Bonchev–Trinajstić information content (AvgIpc) is 2.86. The molecule has 88 valence electrons. The molecule has 4 heteroatoms. The van der Waals surface area contributed by atoms with Gasteiger partial charge in [-0.25, -0.2) is 0 Å². The summed E-state index contributed by atoms with van der Waals surface area (Å²) in [6.45, 7) is 5.57. The van der Waals surface area contributed by atoms with E-state index in [0.717, 1.165) is 18.5 Å². The summed E-state index contributed by atoms with van der Waals surface area (Å²) in [7, 11) is 0. The maximum absolute atomic E-state index is 12.0. The number of aryl methyl sites for hydroxylation is 1. The van der Waals surface area contributed by atoms with Gasteiger partial charge in [-0.1, -0.05) is 0 Å². The van der Waals surface area contributed by atoms with E-state index >= 15 is 0 Å². The second-order valence-electron chi connectivity index (χ2n) is 4.32. The van der Waals surface area contributed by atoms with Crippen molar-refractivity contribution in [1.82, 2.24) is 9.78 Å². The first-order valence-electron chi connectivity index (χ1n) is 5.86. The topological polar surface area (TPSA) is 44.1 Å². The number of nitrogens with zero attached hydrogens (tertiary/aromatic N) is 2. The first-order chi connectivity index (χ1) is 7.70. The Labute approximate surface area is 95.6 Å². The van der Waals surface area contributed by atoms with E-state index in [1.165, 1.54) is 0 Å². The summed E-state index contributed by atoms with van der Waals surface area (Å²) in [5.41, 5.74) is 1.01. The van der Waals surface area contributed by atoms with Crippen LogP contribution >= 0.6 is 0 Å². The van der Waals surface area contributed by atoms with Crippen molar-refractivity contribution in [3.63, 3.8) is 0 Å². The molecule has 0 saturated carbocycles. The standard InChI is InChI=1S/C12H18N2O2/c1-3-14-8-10(7-13-14)6-12(15)11-4-5-16-9(11)2/h7-9,11H,3-6H2,1-2H3. The van der Waals surface area contributed by atoms with Crippen LogP contribution in [-0.4, -0.2) is 28.3 Å². The van der Waals surface area contributed by atoms with Crippen molar-refractivity contribution in [3.8, 4) is 0 Å². The molecular weight excluding hydrogens is 204 g/mol. The van der Waals surface area contributed by atoms with Crippen LogP contribution < -0.4 is 0 Å². The highest BCUT2D eigenvalue weighted by atomic mass is 16.5. The maximum atomic E-state index is 12.0. The predicted octanol–water partition coefficient (Wildman–Crippen LogP) is 1.44. The average molecular weight is 222 g/mol. The summed E-state index contributed by atoms with van der Waals surface area (Å²) in [6, 6.07) is 0. The fourth-order valence-electron chi connectivity index (χ4n) is 2.16. The summed E-state index contributed by atoms with van der Waals surface area (Å²) in [5, 5.41) is 4.17. The number of hydrogen-bond donors (Lipinski definition) is 0. The van der Waals surface area contributed by atoms with Gasteiger partial charge in [-0.15, -0.1) is 0 Å². The van der Waals surface area contributed by atoms with E-state index in [4.69, 9.17) is 4.74 Å². The van der Waals surface area contributed by atoms with Crippen molar-refractivity contribution in [2.24, 2.45) is 5.92 Å². The number of Topliss-reactive ketones (excluding diaryl/α,β-unsaturated/α-hetero) is 1. The number of aromatic nitrogens is 2. The molecule has 0 amide bonds. The van der Waals surface area contributed by atoms with Crippen molar-refractivity contribution in [1.29, 1.82) is 0 Å². The number of ether oxygens (including phenoxy) is 1. The molecule has 0 aromatic carbocycles. The minimum atomic E-state index is 0.0741. The van der Waals surface area contributed by atoms with Gasteiger partial charge in [-0.05, 0) is 25.8 Å². The van der Waals surface area contributed by atoms with Crippen molar-refractivity contribution in [3.05, 3.63) is 18.0 Å². The Morgan fingerprint density at radius 3 is 3.06 bits per heavy atom. The van der Waals surface area contributed by atoms with Crippen molar-refractivity contribution >= 4 is 5.78 Å². The lowest BCUT2D eigenvalue weighted by atomic mass is 9.94. The summed E-state index contributed by atoms with van der Waals surface area (Å²) in [4.78, 5) is 12.0. The first-order valence-corrected chi connectivity index (χ1v) is 5.86. The van der Waals surface area contributed by atoms with Crippen LogP contribution in [0.5, 0.6) is 0 Å². The third-order valence-electron chi connectivity index (χ3n) is 3.18. The maximum Gasteiger partial charge on any atom is 0.143 e. The smallest absolute Gasteiger partial charge is 0.143 e. The Bertz CT molecular complexity index is 373. The summed E-state index contributed by atoms with van der Waals surface area (Å²) >= 11 is 0. The normalized spacial score (nSPS) is 24.9. The van der Waals surface area contributed by atoms with E-state index < -0.39 is 0 Å². The molecular formula is C12H18N2O2. The fraction of sp³-hybridized carbons (Fsp3) is 0.667. The number of carbonyl (C=O) groups is 1. The lowest BCUT2D eigenvalue weighted by molar-refractivity contribution is -0.123. The van der Waals surface area contributed by atoms with Gasteiger partial charge in [0.05, 0.1) is 12.3 Å². The van der Waals surface area contributed by atoms with E-state index in [-0.39, 0.29) is 17.8 Å². The van der Waals surface area contributed by atoms with Crippen LogP contribution in [0.15, 0.2) is 12.4 Å². The van der Waals surface area contributed by atoms with E-state index in [2.05, 4.69) is 5.10 Å². The zero-order chi connectivity index (χ0) is 11.5. The van der Waals surface area contributed by atoms with Crippen LogP contribution in [0, 0.1) is 5.92 Å². The molecule has 0 spiro atoms. The summed E-state index contributed by atoms with van der Waals surface area (Å²) in [6.07, 6.45) is 5.15. The Hall–Kier alpha value is -1.16. The SMILES string of the molecule is CCn1cc(CC(=O)C2CCOC2C)cn1. The van der Waals surface area contributed by atoms with Gasteiger partial charge in [0.25, 0.3) is 0 Å². The highest BCUT2D eigenvalue weighted by Crippen LogP contribution is 2.22. The minimum Gasteiger partial charge on any atom is -0.378 e. The molecule has 2 rings (SSSR count). The summed E-state index contributed by atoms with van der Waals surface area (Å²) < 4.78 is 7.25. The monoisotopic (exact) mass is 222 g/mol. The third kappa shape index (κ3) is 2.32. The zero-order valence-corrected chi connectivity index (χ0v) is 9.85. The highest BCUT2D eigenvalue weighted by molar-refractivity contribution is 5.83. The Kier molecular flexibility index (Phi) is 3.39. The Balaban J connectivity index is 1.96. The molecule has 0 N–H and O–H groups in total. The lowest BCUT2D eigenvalue weighted by Crippen LogP contribution is -2.23. The molecule has 0 radical (unpaired) electrons. The van der Waals surface area contributed by atoms with Crippen LogP contribution in [0.3, 0.4) is 0 Å². The van der Waals surface area contributed by atoms with E-state index in [1.807, 2.05) is 24.7 Å². The van der Waals surface area contributed by atoms with Gasteiger partial charge in [0.15, 0.2) is 0 Å². The molecule has 1 aromatic rings. The molecule has 2 unspecified atom stereocenters. The van der Waals surface area contributed by atoms with Crippen molar-refractivity contribution < 1.29 is 9.53 Å². The molecule has 2 atom stereocenters. The molecule has 1 aliphatic heterocycles. The summed E-state index contributed by atoms with van der Waals surface area (Å²) in [5.74, 6) is 0.352. The van der Waals surface area contributed by atoms with Gasteiger partial charge >= 0.3 is 0 Å². The molecule has 16 heavy (non-hydrogen) atoms. The predicted molar refractivity (Wildman–Crippen MR) is 60.1 cm³/mol. The van der Waals surface area contributed by atoms with Gasteiger partial charge in [0.1, 0.15) is 5.78 Å². The number of ketones is 1. The molecule has 0 aliphatic carbocycles. The van der Waals surface area contributed by atoms with Gasteiger partial charge in [-0.3, -0.25) is 9.48 Å². The van der Waals surface area contributed by atoms with Crippen LogP contribution in [0.4, 0.5) is 0 Å². The van der Waals surface area contributed by atoms with Crippen LogP contribution in [0.1, 0.15) is 25.8 Å². The first kappa shape index (κ1) is 11.3. The minimum absolute atomic E-state index is 0.0741. The van der Waals surface area contributed by atoms with Crippen LogP contribution in [0.25, 0.3) is 0 Å². The van der Waals surface area contributed by atoms with E-state index in [9.17, 15) is 4.79 Å². The Morgan fingerprint density at radius 1 is 1.69 bits per heavy atom. The van der Waals surface area contributed by atoms with Gasteiger partial charge in [0, 0.05) is 31.7 Å². The van der Waals surface area contributed by atoms with Crippen molar-refractivity contribution in [2.45, 2.75) is 39.3 Å².